The molecule has 1 fully saturated rings. The van der Waals surface area contributed by atoms with Crippen molar-refractivity contribution in [1.82, 2.24) is 0 Å². The fourth-order valence-corrected chi connectivity index (χ4v) is 3.29. The number of rotatable bonds is 1. The predicted molar refractivity (Wildman–Crippen MR) is 41.8 cm³/mol. The molecule has 0 spiro atoms. The first-order chi connectivity index (χ1) is 4.99. The summed E-state index contributed by atoms with van der Waals surface area (Å²) in [5, 5.41) is 8.75. The summed E-state index contributed by atoms with van der Waals surface area (Å²) in [6, 6.07) is 0. The van der Waals surface area contributed by atoms with E-state index in [1.807, 2.05) is 0 Å². The Kier molecular flexibility index (Phi) is 2.22. The normalized spacial score (nSPS) is 42.6. The Balaban J connectivity index is 2.88. The topological polar surface area (TPSA) is 80.4 Å². The first kappa shape index (κ1) is 8.96. The number of hydrogen-bond acceptors (Lipinski definition) is 4. The molecule has 11 heavy (non-hydrogen) atoms. The molecule has 0 bridgehead atoms. The van der Waals surface area contributed by atoms with Crippen LogP contribution in [0.1, 0.15) is 6.92 Å². The van der Waals surface area contributed by atoms with Crippen molar-refractivity contribution in [3.8, 4) is 0 Å². The second-order valence-electron chi connectivity index (χ2n) is 3.00. The molecule has 3 N–H and O–H groups in total. The summed E-state index contributed by atoms with van der Waals surface area (Å²) in [7, 11) is -3.07. The summed E-state index contributed by atoms with van der Waals surface area (Å²) in [4.78, 5) is 0. The molecule has 0 radical (unpaired) electrons. The van der Waals surface area contributed by atoms with Crippen LogP contribution < -0.4 is 5.73 Å². The Labute approximate surface area is 66.3 Å². The maximum Gasteiger partial charge on any atom is 0.155 e. The maximum absolute atomic E-state index is 11.1. The summed E-state index contributed by atoms with van der Waals surface area (Å²) in [6.45, 7) is 1.84. The molecule has 5 heteroatoms. The lowest BCUT2D eigenvalue weighted by molar-refractivity contribution is 0.144. The van der Waals surface area contributed by atoms with E-state index in [1.54, 1.807) is 6.92 Å². The quantitative estimate of drug-likeness (QED) is 0.526. The molecule has 1 aliphatic heterocycles. The van der Waals surface area contributed by atoms with Gasteiger partial charge in [0.15, 0.2) is 9.84 Å². The van der Waals surface area contributed by atoms with Gasteiger partial charge in [0, 0.05) is 5.92 Å². The van der Waals surface area contributed by atoms with Gasteiger partial charge in [-0.05, 0) is 13.5 Å². The Morgan fingerprint density at radius 1 is 1.64 bits per heavy atom. The average Bonchev–Trinajstić information content (AvgIpc) is 2.04. The van der Waals surface area contributed by atoms with E-state index in [0.29, 0.717) is 0 Å². The minimum Gasteiger partial charge on any atom is -0.392 e. The molecule has 3 unspecified atom stereocenters. The highest BCUT2D eigenvalue weighted by Crippen LogP contribution is 2.25. The highest BCUT2D eigenvalue weighted by Gasteiger charge is 2.42. The largest absolute Gasteiger partial charge is 0.392 e. The summed E-state index contributed by atoms with van der Waals surface area (Å²) in [6.07, 6.45) is -0.764. The van der Waals surface area contributed by atoms with Gasteiger partial charge >= 0.3 is 0 Å². The molecular weight excluding hydrogens is 166 g/mol. The molecule has 4 nitrogen and oxygen atoms in total. The lowest BCUT2D eigenvalue weighted by Crippen LogP contribution is -2.30. The lowest BCUT2D eigenvalue weighted by atomic mass is 10.0. The molecule has 66 valence electrons. The maximum atomic E-state index is 11.1. The fraction of sp³-hybridized carbons (Fsp3) is 1.00. The molecule has 0 saturated carbocycles. The van der Waals surface area contributed by atoms with Gasteiger partial charge in [0.05, 0.1) is 17.1 Å². The van der Waals surface area contributed by atoms with Crippen molar-refractivity contribution in [1.29, 1.82) is 0 Å². The van der Waals surface area contributed by atoms with Crippen LogP contribution in [0.5, 0.6) is 0 Å². The molecule has 1 rings (SSSR count). The molecule has 0 amide bonds. The first-order valence-electron chi connectivity index (χ1n) is 3.58. The van der Waals surface area contributed by atoms with Crippen LogP contribution in [0, 0.1) is 5.92 Å². The number of sulfone groups is 1. The van der Waals surface area contributed by atoms with Crippen LogP contribution in [-0.4, -0.2) is 37.2 Å². The number of aliphatic hydroxyl groups is 1. The Morgan fingerprint density at radius 2 is 2.18 bits per heavy atom. The van der Waals surface area contributed by atoms with Crippen LogP contribution in [-0.2, 0) is 9.84 Å². The van der Waals surface area contributed by atoms with Gasteiger partial charge in [0.2, 0.25) is 0 Å². The second-order valence-corrected chi connectivity index (χ2v) is 5.40. The van der Waals surface area contributed by atoms with E-state index in [0.717, 1.165) is 0 Å². The Bertz CT molecular complexity index is 236. The van der Waals surface area contributed by atoms with E-state index in [2.05, 4.69) is 0 Å². The average molecular weight is 179 g/mol. The van der Waals surface area contributed by atoms with Gasteiger partial charge < -0.3 is 10.8 Å². The van der Waals surface area contributed by atoms with Crippen LogP contribution in [0.15, 0.2) is 0 Å². The molecule has 0 aliphatic carbocycles. The smallest absolute Gasteiger partial charge is 0.155 e. The molecule has 0 aromatic carbocycles. The number of aliphatic hydroxyl groups excluding tert-OH is 1. The molecule has 3 atom stereocenters. The van der Waals surface area contributed by atoms with Gasteiger partial charge in [-0.15, -0.1) is 0 Å². The van der Waals surface area contributed by atoms with E-state index in [4.69, 9.17) is 5.73 Å². The van der Waals surface area contributed by atoms with Gasteiger partial charge in [-0.3, -0.25) is 0 Å². The van der Waals surface area contributed by atoms with Crippen molar-refractivity contribution in [3.05, 3.63) is 0 Å². The van der Waals surface area contributed by atoms with Crippen molar-refractivity contribution in [2.45, 2.75) is 18.3 Å². The zero-order valence-corrected chi connectivity index (χ0v) is 7.21. The zero-order chi connectivity index (χ0) is 8.65. The van der Waals surface area contributed by atoms with E-state index in [1.165, 1.54) is 0 Å². The third kappa shape index (κ3) is 1.40. The van der Waals surface area contributed by atoms with E-state index < -0.39 is 21.2 Å². The monoisotopic (exact) mass is 179 g/mol. The van der Waals surface area contributed by atoms with Crippen molar-refractivity contribution in [3.63, 3.8) is 0 Å². The molecule has 0 aromatic rings. The van der Waals surface area contributed by atoms with Crippen molar-refractivity contribution in [2.75, 3.05) is 12.3 Å². The number of hydrogen-bond donors (Lipinski definition) is 2. The molecule has 0 aromatic heterocycles. The van der Waals surface area contributed by atoms with Crippen LogP contribution in [0.4, 0.5) is 0 Å². The zero-order valence-electron chi connectivity index (χ0n) is 6.40. The third-order valence-corrected chi connectivity index (χ3v) is 4.63. The van der Waals surface area contributed by atoms with Crippen LogP contribution in [0.3, 0.4) is 0 Å². The third-order valence-electron chi connectivity index (χ3n) is 2.34. The van der Waals surface area contributed by atoms with Gasteiger partial charge in [-0.1, -0.05) is 0 Å². The SMILES string of the molecule is CC1C(CN)C(O)CS1(=O)=O. The number of nitrogens with two attached hydrogens (primary N) is 1. The van der Waals surface area contributed by atoms with Gasteiger partial charge in [0.1, 0.15) is 0 Å². The molecule has 1 heterocycles. The van der Waals surface area contributed by atoms with E-state index >= 15 is 0 Å². The lowest BCUT2D eigenvalue weighted by Gasteiger charge is -2.13. The summed E-state index contributed by atoms with van der Waals surface area (Å²) >= 11 is 0. The summed E-state index contributed by atoms with van der Waals surface area (Å²) < 4.78 is 22.3. The van der Waals surface area contributed by atoms with Crippen LogP contribution in [0.25, 0.3) is 0 Å². The van der Waals surface area contributed by atoms with Gasteiger partial charge in [-0.25, -0.2) is 8.42 Å². The predicted octanol–water partition coefficient (Wildman–Crippen LogP) is -1.26. The van der Waals surface area contributed by atoms with Crippen LogP contribution >= 0.6 is 0 Å². The fourth-order valence-electron chi connectivity index (χ4n) is 1.44. The highest BCUT2D eigenvalue weighted by molar-refractivity contribution is 7.92. The summed E-state index contributed by atoms with van der Waals surface area (Å²) in [5.41, 5.74) is 5.31. The molecular formula is C6H13NO3S. The van der Waals surface area contributed by atoms with Crippen molar-refractivity contribution >= 4 is 9.84 Å². The first-order valence-corrected chi connectivity index (χ1v) is 5.30. The van der Waals surface area contributed by atoms with E-state index in [9.17, 15) is 13.5 Å². The highest BCUT2D eigenvalue weighted by atomic mass is 32.2. The molecule has 1 saturated heterocycles. The summed E-state index contributed by atoms with van der Waals surface area (Å²) in [5.74, 6) is -0.407. The van der Waals surface area contributed by atoms with Crippen molar-refractivity contribution in [2.24, 2.45) is 11.7 Å². The van der Waals surface area contributed by atoms with Crippen LogP contribution in [0.2, 0.25) is 0 Å². The minimum absolute atomic E-state index is 0.129. The Morgan fingerprint density at radius 3 is 2.36 bits per heavy atom. The van der Waals surface area contributed by atoms with Gasteiger partial charge in [0.25, 0.3) is 0 Å². The second kappa shape index (κ2) is 2.73. The standard InChI is InChI=1S/C6H13NO3S/c1-4-5(2-7)6(8)3-11(4,9)10/h4-6,8H,2-3,7H2,1H3. The van der Waals surface area contributed by atoms with Gasteiger partial charge in [-0.2, -0.15) is 0 Å². The van der Waals surface area contributed by atoms with E-state index in [-0.39, 0.29) is 18.2 Å². The van der Waals surface area contributed by atoms with Crippen molar-refractivity contribution < 1.29 is 13.5 Å². The molecule has 1 aliphatic rings. The Hall–Kier alpha value is -0.130. The minimum atomic E-state index is -3.07.